The Kier molecular flexibility index (Phi) is 6.69. The molecule has 0 unspecified atom stereocenters. The summed E-state index contributed by atoms with van der Waals surface area (Å²) in [5.41, 5.74) is 1.06. The van der Waals surface area contributed by atoms with Crippen LogP contribution in [0.3, 0.4) is 0 Å². The van der Waals surface area contributed by atoms with E-state index in [2.05, 4.69) is 20.3 Å². The average molecular weight is 409 g/mol. The molecule has 0 saturated carbocycles. The van der Waals surface area contributed by atoms with Crippen molar-refractivity contribution < 1.29 is 4.79 Å². The number of amides is 1. The van der Waals surface area contributed by atoms with E-state index in [0.29, 0.717) is 5.13 Å². The van der Waals surface area contributed by atoms with Crippen LogP contribution in [-0.4, -0.2) is 26.6 Å². The van der Waals surface area contributed by atoms with E-state index < -0.39 is 0 Å². The number of carbonyl (C=O) groups is 1. The van der Waals surface area contributed by atoms with Crippen LogP contribution in [0.15, 0.2) is 58.3 Å². The Morgan fingerprint density at radius 1 is 1.16 bits per heavy atom. The maximum absolute atomic E-state index is 11.9. The van der Waals surface area contributed by atoms with Crippen molar-refractivity contribution in [3.63, 3.8) is 0 Å². The molecule has 1 N–H and O–H groups in total. The number of thioether (sulfide) groups is 2. The topological polar surface area (TPSA) is 67.8 Å². The second-order valence-corrected chi connectivity index (χ2v) is 8.04. The molecule has 0 saturated heterocycles. The molecule has 2 aromatic heterocycles. The quantitative estimate of drug-likeness (QED) is 0.454. The number of hydrogen-bond acceptors (Lipinski definition) is 7. The van der Waals surface area contributed by atoms with E-state index in [4.69, 9.17) is 11.6 Å². The van der Waals surface area contributed by atoms with Crippen LogP contribution in [-0.2, 0) is 10.5 Å². The number of aromatic nitrogens is 3. The molecule has 0 aliphatic heterocycles. The number of benzene rings is 1. The minimum atomic E-state index is -0.108. The van der Waals surface area contributed by atoms with E-state index >= 15 is 0 Å². The second kappa shape index (κ2) is 9.19. The molecular formula is C16H13ClN4OS3. The lowest BCUT2D eigenvalue weighted by Gasteiger charge is -2.05. The van der Waals surface area contributed by atoms with Gasteiger partial charge in [0.1, 0.15) is 16.4 Å². The molecule has 0 atom stereocenters. The van der Waals surface area contributed by atoms with Crippen LogP contribution in [0.1, 0.15) is 5.56 Å². The first kappa shape index (κ1) is 18.2. The van der Waals surface area contributed by atoms with Gasteiger partial charge in [-0.25, -0.2) is 15.0 Å². The summed E-state index contributed by atoms with van der Waals surface area (Å²) in [6.45, 7) is 0. The molecule has 5 nitrogen and oxygen atoms in total. The van der Waals surface area contributed by atoms with Crippen molar-refractivity contribution in [2.45, 2.75) is 15.8 Å². The van der Waals surface area contributed by atoms with Gasteiger partial charge in [-0.2, -0.15) is 0 Å². The predicted octanol–water partition coefficient (Wildman–Crippen LogP) is 4.61. The zero-order valence-electron chi connectivity index (χ0n) is 12.9. The summed E-state index contributed by atoms with van der Waals surface area (Å²) >= 11 is 10.5. The maximum atomic E-state index is 11.9. The minimum Gasteiger partial charge on any atom is -0.301 e. The normalized spacial score (nSPS) is 10.6. The maximum Gasteiger partial charge on any atom is 0.236 e. The molecule has 3 rings (SSSR count). The summed E-state index contributed by atoms with van der Waals surface area (Å²) in [6, 6.07) is 9.62. The van der Waals surface area contributed by atoms with Crippen molar-refractivity contribution in [1.82, 2.24) is 15.0 Å². The molecule has 25 heavy (non-hydrogen) atoms. The molecule has 9 heteroatoms. The molecule has 0 spiro atoms. The van der Waals surface area contributed by atoms with Crippen LogP contribution in [0.4, 0.5) is 5.13 Å². The number of thiazole rings is 1. The highest BCUT2D eigenvalue weighted by Gasteiger charge is 2.08. The number of carbonyl (C=O) groups excluding carboxylic acids is 1. The summed E-state index contributed by atoms with van der Waals surface area (Å²) in [4.78, 5) is 24.4. The molecule has 128 valence electrons. The smallest absolute Gasteiger partial charge is 0.236 e. The molecule has 0 radical (unpaired) electrons. The van der Waals surface area contributed by atoms with Gasteiger partial charge in [-0.05, 0) is 11.6 Å². The Morgan fingerprint density at radius 3 is 2.72 bits per heavy atom. The molecule has 0 aliphatic rings. The van der Waals surface area contributed by atoms with E-state index in [9.17, 15) is 4.79 Å². The number of nitrogens with zero attached hydrogens (tertiary/aromatic N) is 3. The third-order valence-corrected chi connectivity index (χ3v) is 5.94. The van der Waals surface area contributed by atoms with Gasteiger partial charge in [0.25, 0.3) is 0 Å². The largest absolute Gasteiger partial charge is 0.301 e. The van der Waals surface area contributed by atoms with Crippen molar-refractivity contribution in [3.05, 3.63) is 58.8 Å². The van der Waals surface area contributed by atoms with Crippen molar-refractivity contribution in [3.8, 4) is 0 Å². The van der Waals surface area contributed by atoms with Gasteiger partial charge in [-0.3, -0.25) is 4.79 Å². The molecule has 1 aromatic carbocycles. The fraction of sp³-hybridized carbons (Fsp3) is 0.125. The Bertz CT molecular complexity index is 845. The fourth-order valence-electron chi connectivity index (χ4n) is 1.83. The minimum absolute atomic E-state index is 0.108. The Balaban J connectivity index is 1.52. The summed E-state index contributed by atoms with van der Waals surface area (Å²) in [6.07, 6.45) is 3.16. The van der Waals surface area contributed by atoms with Crippen LogP contribution >= 0.6 is 46.5 Å². The summed E-state index contributed by atoms with van der Waals surface area (Å²) in [5.74, 6) is 0.889. The Labute approximate surface area is 162 Å². The van der Waals surface area contributed by atoms with Crippen LogP contribution in [0.25, 0.3) is 0 Å². The summed E-state index contributed by atoms with van der Waals surface area (Å²) < 4.78 is 0. The van der Waals surface area contributed by atoms with Crippen molar-refractivity contribution >= 4 is 57.5 Å². The van der Waals surface area contributed by atoms with Gasteiger partial charge in [-0.15, -0.1) is 23.1 Å². The van der Waals surface area contributed by atoms with E-state index in [1.54, 1.807) is 18.0 Å². The molecule has 1 amide bonds. The first-order chi connectivity index (χ1) is 12.2. The van der Waals surface area contributed by atoms with Crippen LogP contribution in [0.2, 0.25) is 5.02 Å². The lowest BCUT2D eigenvalue weighted by molar-refractivity contribution is -0.113. The predicted molar refractivity (Wildman–Crippen MR) is 105 cm³/mol. The van der Waals surface area contributed by atoms with Gasteiger partial charge in [0.05, 0.1) is 5.75 Å². The summed E-state index contributed by atoms with van der Waals surface area (Å²) in [5, 5.41) is 7.51. The highest BCUT2D eigenvalue weighted by molar-refractivity contribution is 8.00. The van der Waals surface area contributed by atoms with E-state index in [-0.39, 0.29) is 11.7 Å². The third kappa shape index (κ3) is 5.71. The highest BCUT2D eigenvalue weighted by Crippen LogP contribution is 2.27. The fourth-order valence-corrected chi connectivity index (χ4v) is 4.27. The van der Waals surface area contributed by atoms with Gasteiger partial charge >= 0.3 is 0 Å². The van der Waals surface area contributed by atoms with Gasteiger partial charge in [0, 0.05) is 28.4 Å². The molecule has 0 aliphatic carbocycles. The lowest BCUT2D eigenvalue weighted by Crippen LogP contribution is -2.13. The number of anilines is 1. The molecule has 2 heterocycles. The van der Waals surface area contributed by atoms with Gasteiger partial charge in [-0.1, -0.05) is 41.6 Å². The SMILES string of the molecule is O=C(CSc1cc(SCc2ccccc2Cl)ncn1)Nc1nccs1. The number of rotatable bonds is 7. The number of hydrogen-bond donors (Lipinski definition) is 1. The molecule has 0 fully saturated rings. The van der Waals surface area contributed by atoms with Gasteiger partial charge < -0.3 is 5.32 Å². The average Bonchev–Trinajstić information content (AvgIpc) is 3.13. The van der Waals surface area contributed by atoms with E-state index in [0.717, 1.165) is 26.4 Å². The van der Waals surface area contributed by atoms with Crippen LogP contribution in [0.5, 0.6) is 0 Å². The lowest BCUT2D eigenvalue weighted by atomic mass is 10.2. The van der Waals surface area contributed by atoms with Gasteiger partial charge in [0.15, 0.2) is 5.13 Å². The molecular weight excluding hydrogens is 396 g/mol. The molecule has 3 aromatic rings. The Morgan fingerprint density at radius 2 is 1.96 bits per heavy atom. The van der Waals surface area contributed by atoms with E-state index in [1.165, 1.54) is 29.4 Å². The Hall–Kier alpha value is -1.61. The zero-order valence-corrected chi connectivity index (χ0v) is 16.1. The van der Waals surface area contributed by atoms with Crippen LogP contribution < -0.4 is 5.32 Å². The monoisotopic (exact) mass is 408 g/mol. The van der Waals surface area contributed by atoms with E-state index in [1.807, 2.05) is 35.7 Å². The first-order valence-electron chi connectivity index (χ1n) is 7.21. The summed E-state index contributed by atoms with van der Waals surface area (Å²) in [7, 11) is 0. The van der Waals surface area contributed by atoms with Crippen molar-refractivity contribution in [2.75, 3.05) is 11.1 Å². The van der Waals surface area contributed by atoms with Crippen LogP contribution in [0, 0.1) is 0 Å². The van der Waals surface area contributed by atoms with Gasteiger partial charge in [0.2, 0.25) is 5.91 Å². The third-order valence-electron chi connectivity index (χ3n) is 2.98. The van der Waals surface area contributed by atoms with Crippen molar-refractivity contribution in [2.24, 2.45) is 0 Å². The standard InChI is InChI=1S/C16H13ClN4OS3/c17-12-4-2-1-3-11(12)8-24-14-7-15(20-10-19-14)25-9-13(22)21-16-18-5-6-23-16/h1-7,10H,8-9H2,(H,18,21,22). The zero-order chi connectivity index (χ0) is 17.5. The second-order valence-electron chi connectivity index (χ2n) is 4.75. The number of halogens is 1. The van der Waals surface area contributed by atoms with Crippen molar-refractivity contribution in [1.29, 1.82) is 0 Å². The highest BCUT2D eigenvalue weighted by atomic mass is 35.5. The first-order valence-corrected chi connectivity index (χ1v) is 10.4. The molecule has 0 bridgehead atoms. The number of nitrogens with one attached hydrogen (secondary N) is 1.